The van der Waals surface area contributed by atoms with Gasteiger partial charge in [0.25, 0.3) is 0 Å². The molecule has 7 heteroatoms. The van der Waals surface area contributed by atoms with Crippen LogP contribution in [0.5, 0.6) is 0 Å². The summed E-state index contributed by atoms with van der Waals surface area (Å²) in [5.74, 6) is -0.173. The van der Waals surface area contributed by atoms with E-state index in [1.165, 1.54) is 12.0 Å². The number of carbonyl (C=O) groups excluding carboxylic acids is 1. The summed E-state index contributed by atoms with van der Waals surface area (Å²) in [4.78, 5) is 15.5. The standard InChI is InChI=1S/C27H37N3O3S/c1-30(24-9-5-6-10-24)27(31)26(17-20-11-13-21(19-28)14-12-20)29-34(32,33)25-16-15-22-7-3-2-4-8-23(22)18-25/h11-16,18,24,26,29H,2-10,17,19,28H2,1H3/t26-/m0/s1. The molecule has 0 unspecified atom stereocenters. The van der Waals surface area contributed by atoms with Crippen molar-refractivity contribution in [2.24, 2.45) is 5.73 Å². The Morgan fingerprint density at radius 1 is 0.971 bits per heavy atom. The molecule has 1 atom stereocenters. The first kappa shape index (κ1) is 24.9. The lowest BCUT2D eigenvalue weighted by Crippen LogP contribution is -2.50. The number of carbonyl (C=O) groups is 1. The fourth-order valence-electron chi connectivity index (χ4n) is 5.25. The molecule has 0 bridgehead atoms. The lowest BCUT2D eigenvalue weighted by Gasteiger charge is -2.29. The fraction of sp³-hybridized carbons (Fsp3) is 0.519. The number of amides is 1. The highest BCUT2D eigenvalue weighted by molar-refractivity contribution is 7.89. The number of hydrogen-bond acceptors (Lipinski definition) is 4. The molecule has 184 valence electrons. The van der Waals surface area contributed by atoms with Crippen LogP contribution in [0, 0.1) is 0 Å². The predicted molar refractivity (Wildman–Crippen MR) is 135 cm³/mol. The molecule has 0 radical (unpaired) electrons. The third-order valence-electron chi connectivity index (χ3n) is 7.39. The summed E-state index contributed by atoms with van der Waals surface area (Å²) in [5.41, 5.74) is 9.97. The van der Waals surface area contributed by atoms with Gasteiger partial charge < -0.3 is 10.6 Å². The van der Waals surface area contributed by atoms with E-state index in [0.717, 1.165) is 68.1 Å². The van der Waals surface area contributed by atoms with Crippen LogP contribution in [0.3, 0.4) is 0 Å². The maximum absolute atomic E-state index is 13.5. The molecule has 0 aromatic heterocycles. The van der Waals surface area contributed by atoms with E-state index in [1.807, 2.05) is 30.3 Å². The lowest BCUT2D eigenvalue weighted by molar-refractivity contribution is -0.133. The third-order valence-corrected chi connectivity index (χ3v) is 8.86. The van der Waals surface area contributed by atoms with Crippen LogP contribution in [0.2, 0.25) is 0 Å². The smallest absolute Gasteiger partial charge is 0.241 e. The first-order valence-electron chi connectivity index (χ1n) is 12.6. The van der Waals surface area contributed by atoms with Crippen molar-refractivity contribution in [2.75, 3.05) is 7.05 Å². The van der Waals surface area contributed by atoms with Crippen molar-refractivity contribution in [1.29, 1.82) is 0 Å². The molecular formula is C27H37N3O3S. The Morgan fingerprint density at radius 3 is 2.29 bits per heavy atom. The number of nitrogens with zero attached hydrogens (tertiary/aromatic N) is 1. The van der Waals surface area contributed by atoms with Crippen LogP contribution in [-0.2, 0) is 40.6 Å². The van der Waals surface area contributed by atoms with Crippen molar-refractivity contribution in [3.63, 3.8) is 0 Å². The Morgan fingerprint density at radius 2 is 1.62 bits per heavy atom. The van der Waals surface area contributed by atoms with Gasteiger partial charge in [-0.3, -0.25) is 4.79 Å². The predicted octanol–water partition coefficient (Wildman–Crippen LogP) is 3.70. The van der Waals surface area contributed by atoms with E-state index < -0.39 is 16.1 Å². The number of benzene rings is 2. The third kappa shape index (κ3) is 5.88. The van der Waals surface area contributed by atoms with Gasteiger partial charge in [-0.1, -0.05) is 49.6 Å². The van der Waals surface area contributed by atoms with E-state index in [2.05, 4.69) is 4.72 Å². The molecule has 1 saturated carbocycles. The van der Waals surface area contributed by atoms with E-state index in [9.17, 15) is 13.2 Å². The van der Waals surface area contributed by atoms with E-state index >= 15 is 0 Å². The summed E-state index contributed by atoms with van der Waals surface area (Å²) < 4.78 is 29.7. The van der Waals surface area contributed by atoms with Crippen LogP contribution < -0.4 is 10.5 Å². The second-order valence-electron chi connectivity index (χ2n) is 9.78. The largest absolute Gasteiger partial charge is 0.341 e. The number of rotatable bonds is 8. The number of nitrogens with one attached hydrogen (secondary N) is 1. The number of hydrogen-bond donors (Lipinski definition) is 2. The van der Waals surface area contributed by atoms with E-state index in [1.54, 1.807) is 24.1 Å². The van der Waals surface area contributed by atoms with Gasteiger partial charge in [0.1, 0.15) is 6.04 Å². The van der Waals surface area contributed by atoms with Crippen molar-refractivity contribution >= 4 is 15.9 Å². The molecule has 1 amide bonds. The van der Waals surface area contributed by atoms with Crippen LogP contribution in [0.1, 0.15) is 67.2 Å². The molecule has 0 spiro atoms. The molecule has 2 aromatic rings. The monoisotopic (exact) mass is 483 g/mol. The minimum Gasteiger partial charge on any atom is -0.341 e. The molecular weight excluding hydrogens is 446 g/mol. The molecule has 34 heavy (non-hydrogen) atoms. The maximum Gasteiger partial charge on any atom is 0.241 e. The summed E-state index contributed by atoms with van der Waals surface area (Å²) in [6, 6.07) is 12.5. The highest BCUT2D eigenvalue weighted by atomic mass is 32.2. The molecule has 0 heterocycles. The summed E-state index contributed by atoms with van der Waals surface area (Å²) >= 11 is 0. The molecule has 2 aliphatic carbocycles. The van der Waals surface area contributed by atoms with Gasteiger partial charge in [0.05, 0.1) is 4.90 Å². The minimum absolute atomic E-state index is 0.173. The Bertz CT molecular complexity index is 1090. The van der Waals surface area contributed by atoms with Crippen LogP contribution in [0.4, 0.5) is 0 Å². The van der Waals surface area contributed by atoms with Crippen molar-refractivity contribution in [3.05, 3.63) is 64.7 Å². The van der Waals surface area contributed by atoms with Crippen molar-refractivity contribution in [2.45, 2.75) is 87.7 Å². The van der Waals surface area contributed by atoms with Gasteiger partial charge in [-0.2, -0.15) is 4.72 Å². The van der Waals surface area contributed by atoms with Crippen molar-refractivity contribution in [1.82, 2.24) is 9.62 Å². The van der Waals surface area contributed by atoms with Gasteiger partial charge in [-0.15, -0.1) is 0 Å². The normalized spacial score (nSPS) is 17.7. The van der Waals surface area contributed by atoms with Gasteiger partial charge in [0.2, 0.25) is 15.9 Å². The SMILES string of the molecule is CN(C(=O)[C@H](Cc1ccc(CN)cc1)NS(=O)(=O)c1ccc2c(c1)CCCCC2)C1CCCC1. The zero-order chi connectivity index (χ0) is 24.1. The number of nitrogens with two attached hydrogens (primary N) is 1. The molecule has 1 fully saturated rings. The zero-order valence-corrected chi connectivity index (χ0v) is 20.9. The first-order chi connectivity index (χ1) is 16.4. The molecule has 0 aliphatic heterocycles. The summed E-state index contributed by atoms with van der Waals surface area (Å²) in [6.07, 6.45) is 9.74. The maximum atomic E-state index is 13.5. The summed E-state index contributed by atoms with van der Waals surface area (Å²) in [6.45, 7) is 0.442. The number of aryl methyl sites for hydroxylation is 2. The van der Waals surface area contributed by atoms with Gasteiger partial charge in [-0.05, 0) is 79.3 Å². The Hall–Kier alpha value is -2.22. The molecule has 3 N–H and O–H groups in total. The topological polar surface area (TPSA) is 92.5 Å². The van der Waals surface area contributed by atoms with E-state index in [0.29, 0.717) is 13.0 Å². The number of sulfonamides is 1. The molecule has 2 aromatic carbocycles. The van der Waals surface area contributed by atoms with Gasteiger partial charge in [0, 0.05) is 19.6 Å². The summed E-state index contributed by atoms with van der Waals surface area (Å²) in [5, 5.41) is 0. The quantitative estimate of drug-likeness (QED) is 0.560. The molecule has 0 saturated heterocycles. The Kier molecular flexibility index (Phi) is 8.06. The highest BCUT2D eigenvalue weighted by Crippen LogP contribution is 2.25. The second kappa shape index (κ2) is 11.0. The van der Waals surface area contributed by atoms with Crippen LogP contribution in [-0.4, -0.2) is 38.4 Å². The molecule has 2 aliphatic rings. The molecule has 6 nitrogen and oxygen atoms in total. The average molecular weight is 484 g/mol. The van der Waals surface area contributed by atoms with Crippen molar-refractivity contribution < 1.29 is 13.2 Å². The van der Waals surface area contributed by atoms with Crippen molar-refractivity contribution in [3.8, 4) is 0 Å². The second-order valence-corrected chi connectivity index (χ2v) is 11.5. The van der Waals surface area contributed by atoms with Crippen LogP contribution >= 0.6 is 0 Å². The summed E-state index contributed by atoms with van der Waals surface area (Å²) in [7, 11) is -2.05. The number of likely N-dealkylation sites (N-methyl/N-ethyl adjacent to an activating group) is 1. The zero-order valence-electron chi connectivity index (χ0n) is 20.1. The van der Waals surface area contributed by atoms with Gasteiger partial charge in [0.15, 0.2) is 0 Å². The lowest BCUT2D eigenvalue weighted by atomic mass is 10.0. The minimum atomic E-state index is -3.86. The highest BCUT2D eigenvalue weighted by Gasteiger charge is 2.32. The van der Waals surface area contributed by atoms with Crippen LogP contribution in [0.25, 0.3) is 0 Å². The Balaban J connectivity index is 1.59. The number of fused-ring (bicyclic) bond motifs is 1. The molecule has 4 rings (SSSR count). The fourth-order valence-corrected chi connectivity index (χ4v) is 6.49. The van der Waals surface area contributed by atoms with E-state index in [4.69, 9.17) is 5.73 Å². The van der Waals surface area contributed by atoms with Gasteiger partial charge >= 0.3 is 0 Å². The van der Waals surface area contributed by atoms with Crippen LogP contribution in [0.15, 0.2) is 47.4 Å². The van der Waals surface area contributed by atoms with E-state index in [-0.39, 0.29) is 16.8 Å². The first-order valence-corrected chi connectivity index (χ1v) is 14.0. The average Bonchev–Trinajstić information content (AvgIpc) is 3.28. The Labute approximate surface area is 204 Å². The van der Waals surface area contributed by atoms with Gasteiger partial charge in [-0.25, -0.2) is 8.42 Å².